The average molecular weight is 290 g/mol. The summed E-state index contributed by atoms with van der Waals surface area (Å²) in [7, 11) is 0. The van der Waals surface area contributed by atoms with Crippen molar-refractivity contribution in [2.24, 2.45) is 0 Å². The highest BCUT2D eigenvalue weighted by Gasteiger charge is 2.39. The number of ether oxygens (including phenoxy) is 1. The van der Waals surface area contributed by atoms with Gasteiger partial charge in [-0.05, 0) is 19.9 Å². The Labute approximate surface area is 122 Å². The zero-order valence-electron chi connectivity index (χ0n) is 12.0. The summed E-state index contributed by atoms with van der Waals surface area (Å²) in [6.45, 7) is 4.88. The summed E-state index contributed by atoms with van der Waals surface area (Å²) in [5.74, 6) is 0.301. The van der Waals surface area contributed by atoms with E-state index in [9.17, 15) is 9.59 Å². The van der Waals surface area contributed by atoms with Crippen molar-refractivity contribution in [3.63, 3.8) is 0 Å². The Morgan fingerprint density at radius 1 is 1.33 bits per heavy atom. The van der Waals surface area contributed by atoms with E-state index in [4.69, 9.17) is 10.5 Å². The first-order valence-corrected chi connectivity index (χ1v) is 6.81. The lowest BCUT2D eigenvalue weighted by molar-refractivity contribution is -0.126. The standard InChI is InChI=1S/C14H18N4O3/c1-14(2)13(20)16-3-4-18(14)10-6-9-11(5-8(10)15)21-7-12(19)17-9/h5-6H,3-4,7,15H2,1-2H3,(H,16,20)(H,17,19). The molecule has 4 N–H and O–H groups in total. The minimum absolute atomic E-state index is 0.0105. The zero-order chi connectivity index (χ0) is 15.2. The largest absolute Gasteiger partial charge is 0.482 e. The Morgan fingerprint density at radius 3 is 2.86 bits per heavy atom. The number of piperazine rings is 1. The molecule has 2 heterocycles. The van der Waals surface area contributed by atoms with E-state index in [0.29, 0.717) is 30.2 Å². The molecule has 1 fully saturated rings. The molecular weight excluding hydrogens is 272 g/mol. The van der Waals surface area contributed by atoms with Gasteiger partial charge in [-0.3, -0.25) is 9.59 Å². The van der Waals surface area contributed by atoms with Crippen molar-refractivity contribution >= 4 is 28.9 Å². The maximum atomic E-state index is 12.1. The number of carbonyl (C=O) groups is 2. The molecule has 112 valence electrons. The first kappa shape index (κ1) is 13.5. The van der Waals surface area contributed by atoms with Gasteiger partial charge in [0, 0.05) is 19.2 Å². The molecule has 7 heteroatoms. The summed E-state index contributed by atoms with van der Waals surface area (Å²) in [5, 5.41) is 5.60. The van der Waals surface area contributed by atoms with Crippen LogP contribution in [-0.2, 0) is 9.59 Å². The quantitative estimate of drug-likeness (QED) is 0.647. The highest BCUT2D eigenvalue weighted by atomic mass is 16.5. The van der Waals surface area contributed by atoms with Gasteiger partial charge in [0.15, 0.2) is 6.61 Å². The number of nitrogens with one attached hydrogen (secondary N) is 2. The van der Waals surface area contributed by atoms with Crippen molar-refractivity contribution in [1.82, 2.24) is 5.32 Å². The van der Waals surface area contributed by atoms with E-state index >= 15 is 0 Å². The molecule has 0 unspecified atom stereocenters. The molecule has 0 spiro atoms. The van der Waals surface area contributed by atoms with E-state index in [0.717, 1.165) is 5.69 Å². The molecule has 2 aliphatic rings. The van der Waals surface area contributed by atoms with Crippen LogP contribution in [0, 0.1) is 0 Å². The van der Waals surface area contributed by atoms with Gasteiger partial charge in [0.1, 0.15) is 11.3 Å². The molecule has 21 heavy (non-hydrogen) atoms. The van der Waals surface area contributed by atoms with Gasteiger partial charge in [-0.1, -0.05) is 0 Å². The van der Waals surface area contributed by atoms with Crippen LogP contribution in [0.3, 0.4) is 0 Å². The normalized spacial score (nSPS) is 20.2. The van der Waals surface area contributed by atoms with Gasteiger partial charge in [0.05, 0.1) is 17.1 Å². The molecular formula is C14H18N4O3. The van der Waals surface area contributed by atoms with E-state index < -0.39 is 5.54 Å². The average Bonchev–Trinajstić information content (AvgIpc) is 2.42. The maximum absolute atomic E-state index is 12.1. The fraction of sp³-hybridized carbons (Fsp3) is 0.429. The molecule has 3 rings (SSSR count). The van der Waals surface area contributed by atoms with Crippen LogP contribution in [0.25, 0.3) is 0 Å². The molecule has 1 aromatic carbocycles. The Kier molecular flexibility index (Phi) is 2.93. The van der Waals surface area contributed by atoms with Crippen molar-refractivity contribution in [2.45, 2.75) is 19.4 Å². The minimum Gasteiger partial charge on any atom is -0.482 e. The van der Waals surface area contributed by atoms with Gasteiger partial charge in [-0.15, -0.1) is 0 Å². The second kappa shape index (κ2) is 4.54. The summed E-state index contributed by atoms with van der Waals surface area (Å²) in [4.78, 5) is 25.4. The van der Waals surface area contributed by atoms with Crippen LogP contribution in [0.15, 0.2) is 12.1 Å². The topological polar surface area (TPSA) is 96.7 Å². The third kappa shape index (κ3) is 2.14. The van der Waals surface area contributed by atoms with Crippen LogP contribution in [0.5, 0.6) is 5.75 Å². The summed E-state index contributed by atoms with van der Waals surface area (Å²) in [6, 6.07) is 3.45. The number of nitrogens with zero attached hydrogens (tertiary/aromatic N) is 1. The Hall–Kier alpha value is -2.44. The van der Waals surface area contributed by atoms with Crippen molar-refractivity contribution in [3.8, 4) is 5.75 Å². The van der Waals surface area contributed by atoms with Gasteiger partial charge < -0.3 is 26.0 Å². The Morgan fingerprint density at radius 2 is 2.10 bits per heavy atom. The summed E-state index contributed by atoms with van der Waals surface area (Å²) in [6.07, 6.45) is 0. The second-order valence-corrected chi connectivity index (χ2v) is 5.71. The lowest BCUT2D eigenvalue weighted by Crippen LogP contribution is -2.62. The third-order valence-corrected chi connectivity index (χ3v) is 3.90. The number of nitrogens with two attached hydrogens (primary N) is 1. The van der Waals surface area contributed by atoms with Crippen LogP contribution in [-0.4, -0.2) is 37.0 Å². The third-order valence-electron chi connectivity index (χ3n) is 3.90. The molecule has 1 saturated heterocycles. The maximum Gasteiger partial charge on any atom is 0.262 e. The van der Waals surface area contributed by atoms with Crippen LogP contribution >= 0.6 is 0 Å². The number of anilines is 3. The molecule has 0 radical (unpaired) electrons. The van der Waals surface area contributed by atoms with Gasteiger partial charge in [-0.2, -0.15) is 0 Å². The molecule has 0 bridgehead atoms. The number of nitrogen functional groups attached to an aromatic ring is 1. The molecule has 0 atom stereocenters. The fourth-order valence-electron chi connectivity index (χ4n) is 2.69. The number of benzene rings is 1. The summed E-state index contributed by atoms with van der Waals surface area (Å²) >= 11 is 0. The number of hydrogen-bond acceptors (Lipinski definition) is 5. The Bertz CT molecular complexity index is 627. The molecule has 2 aliphatic heterocycles. The van der Waals surface area contributed by atoms with E-state index in [1.807, 2.05) is 18.7 Å². The predicted molar refractivity (Wildman–Crippen MR) is 79.4 cm³/mol. The first-order chi connectivity index (χ1) is 9.89. The van der Waals surface area contributed by atoms with Crippen LogP contribution in [0.4, 0.5) is 17.1 Å². The molecule has 2 amide bonds. The van der Waals surface area contributed by atoms with Gasteiger partial charge in [-0.25, -0.2) is 0 Å². The monoisotopic (exact) mass is 290 g/mol. The number of amides is 2. The van der Waals surface area contributed by atoms with Crippen LogP contribution < -0.4 is 26.0 Å². The lowest BCUT2D eigenvalue weighted by atomic mass is 9.97. The van der Waals surface area contributed by atoms with Crippen molar-refractivity contribution in [1.29, 1.82) is 0 Å². The van der Waals surface area contributed by atoms with Crippen molar-refractivity contribution in [3.05, 3.63) is 12.1 Å². The molecule has 7 nitrogen and oxygen atoms in total. The lowest BCUT2D eigenvalue weighted by Gasteiger charge is -2.43. The second-order valence-electron chi connectivity index (χ2n) is 5.71. The minimum atomic E-state index is -0.708. The summed E-state index contributed by atoms with van der Waals surface area (Å²) in [5.41, 5.74) is 7.23. The number of carbonyl (C=O) groups excluding carboxylic acids is 2. The highest BCUT2D eigenvalue weighted by Crippen LogP contribution is 2.39. The zero-order valence-corrected chi connectivity index (χ0v) is 12.0. The number of hydrogen-bond donors (Lipinski definition) is 3. The van der Waals surface area contributed by atoms with Crippen molar-refractivity contribution < 1.29 is 14.3 Å². The molecule has 1 aromatic rings. The van der Waals surface area contributed by atoms with E-state index in [1.165, 1.54) is 0 Å². The molecule has 0 aromatic heterocycles. The predicted octanol–water partition coefficient (Wildman–Crippen LogP) is 0.314. The van der Waals surface area contributed by atoms with Crippen LogP contribution in [0.1, 0.15) is 13.8 Å². The first-order valence-electron chi connectivity index (χ1n) is 6.81. The van der Waals surface area contributed by atoms with Crippen molar-refractivity contribution in [2.75, 3.05) is 35.6 Å². The summed E-state index contributed by atoms with van der Waals surface area (Å²) < 4.78 is 5.34. The van der Waals surface area contributed by atoms with Gasteiger partial charge in [0.25, 0.3) is 5.91 Å². The Balaban J connectivity index is 2.04. The van der Waals surface area contributed by atoms with Crippen LogP contribution in [0.2, 0.25) is 0 Å². The van der Waals surface area contributed by atoms with E-state index in [2.05, 4.69) is 10.6 Å². The molecule has 0 saturated carbocycles. The van der Waals surface area contributed by atoms with E-state index in [-0.39, 0.29) is 18.4 Å². The highest BCUT2D eigenvalue weighted by molar-refractivity contribution is 5.98. The van der Waals surface area contributed by atoms with Gasteiger partial charge >= 0.3 is 0 Å². The smallest absolute Gasteiger partial charge is 0.262 e. The number of rotatable bonds is 1. The number of fused-ring (bicyclic) bond motifs is 1. The van der Waals surface area contributed by atoms with Gasteiger partial charge in [0.2, 0.25) is 5.91 Å². The SMILES string of the molecule is CC1(C)C(=O)NCCN1c1cc2c(cc1N)OCC(=O)N2. The fourth-order valence-corrected chi connectivity index (χ4v) is 2.69. The van der Waals surface area contributed by atoms with E-state index in [1.54, 1.807) is 12.1 Å². The molecule has 0 aliphatic carbocycles.